The van der Waals surface area contributed by atoms with E-state index in [1.165, 1.54) is 26.2 Å². The molecule has 0 saturated carbocycles. The minimum Gasteiger partial charge on any atom is -0.476 e. The number of hydrogen-bond donors (Lipinski definition) is 0. The molecular formula is C11H13FO3. The van der Waals surface area contributed by atoms with E-state index in [-0.39, 0.29) is 5.75 Å². The van der Waals surface area contributed by atoms with Gasteiger partial charge in [-0.25, -0.2) is 9.18 Å². The van der Waals surface area contributed by atoms with Gasteiger partial charge in [-0.3, -0.25) is 0 Å². The number of methoxy groups -OCH3 is 1. The molecule has 0 heterocycles. The van der Waals surface area contributed by atoms with Gasteiger partial charge >= 0.3 is 5.97 Å². The second-order valence-corrected chi connectivity index (χ2v) is 3.22. The highest BCUT2D eigenvalue weighted by Crippen LogP contribution is 2.19. The van der Waals surface area contributed by atoms with Crippen molar-refractivity contribution in [3.8, 4) is 5.75 Å². The topological polar surface area (TPSA) is 35.5 Å². The lowest BCUT2D eigenvalue weighted by atomic mass is 10.2. The summed E-state index contributed by atoms with van der Waals surface area (Å²) in [5.41, 5.74) is 0.864. The van der Waals surface area contributed by atoms with Crippen molar-refractivity contribution in [1.82, 2.24) is 0 Å². The molecule has 4 heteroatoms. The molecule has 1 rings (SSSR count). The van der Waals surface area contributed by atoms with Gasteiger partial charge in [0.25, 0.3) is 0 Å². The van der Waals surface area contributed by atoms with Crippen molar-refractivity contribution in [3.05, 3.63) is 29.6 Å². The third-order valence-electron chi connectivity index (χ3n) is 1.92. The van der Waals surface area contributed by atoms with Crippen LogP contribution in [0.2, 0.25) is 0 Å². The van der Waals surface area contributed by atoms with E-state index in [9.17, 15) is 9.18 Å². The van der Waals surface area contributed by atoms with Gasteiger partial charge in [-0.05, 0) is 31.5 Å². The maximum absolute atomic E-state index is 13.2. The molecule has 0 bridgehead atoms. The van der Waals surface area contributed by atoms with E-state index < -0.39 is 17.9 Å². The van der Waals surface area contributed by atoms with Crippen molar-refractivity contribution in [2.24, 2.45) is 0 Å². The first-order valence-electron chi connectivity index (χ1n) is 4.55. The first-order valence-corrected chi connectivity index (χ1v) is 4.55. The summed E-state index contributed by atoms with van der Waals surface area (Å²) in [7, 11) is 1.26. The summed E-state index contributed by atoms with van der Waals surface area (Å²) >= 11 is 0. The summed E-state index contributed by atoms with van der Waals surface area (Å²) in [5.74, 6) is -0.958. The molecular weight excluding hydrogens is 199 g/mol. The van der Waals surface area contributed by atoms with Gasteiger partial charge in [-0.2, -0.15) is 0 Å². The zero-order valence-corrected chi connectivity index (χ0v) is 8.91. The molecule has 0 N–H and O–H groups in total. The van der Waals surface area contributed by atoms with Gasteiger partial charge in [0, 0.05) is 0 Å². The predicted octanol–water partition coefficient (Wildman–Crippen LogP) is 2.07. The third kappa shape index (κ3) is 2.94. The van der Waals surface area contributed by atoms with Gasteiger partial charge in [0.1, 0.15) is 0 Å². The first-order chi connectivity index (χ1) is 7.04. The van der Waals surface area contributed by atoms with Crippen molar-refractivity contribution in [3.63, 3.8) is 0 Å². The average molecular weight is 212 g/mol. The highest BCUT2D eigenvalue weighted by atomic mass is 19.1. The van der Waals surface area contributed by atoms with Crippen LogP contribution >= 0.6 is 0 Å². The van der Waals surface area contributed by atoms with Crippen molar-refractivity contribution >= 4 is 5.97 Å². The van der Waals surface area contributed by atoms with Crippen LogP contribution in [-0.2, 0) is 9.53 Å². The molecule has 1 atom stereocenters. The molecule has 0 amide bonds. The molecule has 1 aromatic rings. The van der Waals surface area contributed by atoms with E-state index in [2.05, 4.69) is 4.74 Å². The van der Waals surface area contributed by atoms with E-state index in [1.54, 1.807) is 6.07 Å². The Hall–Kier alpha value is -1.58. The predicted molar refractivity (Wildman–Crippen MR) is 53.2 cm³/mol. The summed E-state index contributed by atoms with van der Waals surface area (Å²) in [5, 5.41) is 0. The number of carbonyl (C=O) groups is 1. The largest absolute Gasteiger partial charge is 0.476 e. The number of hydrogen-bond acceptors (Lipinski definition) is 3. The molecule has 0 aliphatic carbocycles. The Morgan fingerprint density at radius 3 is 2.73 bits per heavy atom. The standard InChI is InChI=1S/C11H13FO3/c1-7-4-5-9(12)10(6-7)15-8(2)11(13)14-3/h4-6,8H,1-3H3/t8-/m1/s1. The molecule has 0 aromatic heterocycles. The summed E-state index contributed by atoms with van der Waals surface area (Å²) in [6.45, 7) is 3.32. The highest BCUT2D eigenvalue weighted by molar-refractivity contribution is 5.74. The monoisotopic (exact) mass is 212 g/mol. The van der Waals surface area contributed by atoms with Crippen LogP contribution in [0.1, 0.15) is 12.5 Å². The molecule has 0 unspecified atom stereocenters. The van der Waals surface area contributed by atoms with Gasteiger partial charge in [-0.15, -0.1) is 0 Å². The molecule has 0 aliphatic rings. The second kappa shape index (κ2) is 4.77. The van der Waals surface area contributed by atoms with Crippen molar-refractivity contribution in [1.29, 1.82) is 0 Å². The van der Waals surface area contributed by atoms with Gasteiger partial charge in [0.05, 0.1) is 7.11 Å². The van der Waals surface area contributed by atoms with E-state index in [1.807, 2.05) is 6.92 Å². The number of ether oxygens (including phenoxy) is 2. The summed E-state index contributed by atoms with van der Waals surface area (Å²) in [4.78, 5) is 11.0. The number of halogens is 1. The van der Waals surface area contributed by atoms with Crippen LogP contribution in [0, 0.1) is 12.7 Å². The van der Waals surface area contributed by atoms with Crippen molar-refractivity contribution in [2.45, 2.75) is 20.0 Å². The SMILES string of the molecule is COC(=O)[C@@H](C)Oc1cc(C)ccc1F. The van der Waals surface area contributed by atoms with Crippen molar-refractivity contribution in [2.75, 3.05) is 7.11 Å². The maximum atomic E-state index is 13.2. The minimum absolute atomic E-state index is 0.0629. The number of carbonyl (C=O) groups excluding carboxylic acids is 1. The molecule has 1 aromatic carbocycles. The summed E-state index contributed by atoms with van der Waals surface area (Å²) in [6.07, 6.45) is -0.814. The van der Waals surface area contributed by atoms with Crippen LogP contribution < -0.4 is 4.74 Å². The Kier molecular flexibility index (Phi) is 3.66. The lowest BCUT2D eigenvalue weighted by Crippen LogP contribution is -2.25. The molecule has 0 fully saturated rings. The lowest BCUT2D eigenvalue weighted by molar-refractivity contribution is -0.148. The molecule has 0 saturated heterocycles. The second-order valence-electron chi connectivity index (χ2n) is 3.22. The molecule has 0 radical (unpaired) electrons. The average Bonchev–Trinajstić information content (AvgIpc) is 2.22. The van der Waals surface area contributed by atoms with Crippen LogP contribution in [0.3, 0.4) is 0 Å². The molecule has 3 nitrogen and oxygen atoms in total. The number of esters is 1. The van der Waals surface area contributed by atoms with E-state index in [4.69, 9.17) is 4.74 Å². The third-order valence-corrected chi connectivity index (χ3v) is 1.92. The van der Waals surface area contributed by atoms with E-state index in [0.717, 1.165) is 5.56 Å². The first kappa shape index (κ1) is 11.5. The zero-order chi connectivity index (χ0) is 11.4. The number of rotatable bonds is 3. The Bertz CT molecular complexity index is 363. The van der Waals surface area contributed by atoms with Crippen molar-refractivity contribution < 1.29 is 18.7 Å². The van der Waals surface area contributed by atoms with Crippen LogP contribution in [0.4, 0.5) is 4.39 Å². The Balaban J connectivity index is 2.80. The fourth-order valence-corrected chi connectivity index (χ4v) is 1.11. The maximum Gasteiger partial charge on any atom is 0.346 e. The smallest absolute Gasteiger partial charge is 0.346 e. The van der Waals surface area contributed by atoms with Gasteiger partial charge in [0.15, 0.2) is 17.7 Å². The van der Waals surface area contributed by atoms with Crippen LogP contribution in [0.5, 0.6) is 5.75 Å². The van der Waals surface area contributed by atoms with Crippen LogP contribution in [0.25, 0.3) is 0 Å². The Labute approximate surface area is 87.8 Å². The van der Waals surface area contributed by atoms with Crippen LogP contribution in [-0.4, -0.2) is 19.2 Å². The Morgan fingerprint density at radius 2 is 2.13 bits per heavy atom. The highest BCUT2D eigenvalue weighted by Gasteiger charge is 2.16. The quantitative estimate of drug-likeness (QED) is 0.719. The van der Waals surface area contributed by atoms with Crippen LogP contribution in [0.15, 0.2) is 18.2 Å². The fraction of sp³-hybridized carbons (Fsp3) is 0.364. The minimum atomic E-state index is -0.814. The molecule has 82 valence electrons. The summed E-state index contributed by atoms with van der Waals surface area (Å²) < 4.78 is 22.8. The molecule has 0 spiro atoms. The van der Waals surface area contributed by atoms with Gasteiger partial charge in [-0.1, -0.05) is 6.07 Å². The number of aryl methyl sites for hydroxylation is 1. The zero-order valence-electron chi connectivity index (χ0n) is 8.91. The fourth-order valence-electron chi connectivity index (χ4n) is 1.11. The van der Waals surface area contributed by atoms with E-state index in [0.29, 0.717) is 0 Å². The van der Waals surface area contributed by atoms with Gasteiger partial charge in [0.2, 0.25) is 0 Å². The lowest BCUT2D eigenvalue weighted by Gasteiger charge is -2.13. The summed E-state index contributed by atoms with van der Waals surface area (Å²) in [6, 6.07) is 4.47. The Morgan fingerprint density at radius 1 is 1.47 bits per heavy atom. The molecule has 0 aliphatic heterocycles. The number of benzene rings is 1. The normalized spacial score (nSPS) is 12.0. The molecule has 15 heavy (non-hydrogen) atoms. The van der Waals surface area contributed by atoms with Gasteiger partial charge < -0.3 is 9.47 Å². The van der Waals surface area contributed by atoms with E-state index >= 15 is 0 Å².